The molecular formula is C21H24N2O3. The minimum absolute atomic E-state index is 0.146. The highest BCUT2D eigenvalue weighted by Gasteiger charge is 2.29. The van der Waals surface area contributed by atoms with Crippen molar-refractivity contribution in [2.45, 2.75) is 6.04 Å². The number of rotatable bonds is 6. The summed E-state index contributed by atoms with van der Waals surface area (Å²) in [6.45, 7) is 3.94. The fourth-order valence-corrected chi connectivity index (χ4v) is 3.27. The van der Waals surface area contributed by atoms with E-state index in [1.165, 1.54) is 17.7 Å². The first-order chi connectivity index (χ1) is 12.6. The summed E-state index contributed by atoms with van der Waals surface area (Å²) < 4.78 is 0. The van der Waals surface area contributed by atoms with Crippen molar-refractivity contribution in [1.29, 1.82) is 0 Å². The van der Waals surface area contributed by atoms with Gasteiger partial charge in [0.1, 0.15) is 11.8 Å². The van der Waals surface area contributed by atoms with Crippen LogP contribution in [0.15, 0.2) is 60.7 Å². The van der Waals surface area contributed by atoms with Gasteiger partial charge in [-0.25, -0.2) is 0 Å². The molecule has 0 aromatic heterocycles. The van der Waals surface area contributed by atoms with Gasteiger partial charge in [0.2, 0.25) is 0 Å². The lowest BCUT2D eigenvalue weighted by atomic mass is 10.0. The number of aromatic hydroxyl groups is 1. The fourth-order valence-electron chi connectivity index (χ4n) is 3.27. The molecule has 0 saturated carbocycles. The van der Waals surface area contributed by atoms with Crippen LogP contribution in [0.2, 0.25) is 0 Å². The van der Waals surface area contributed by atoms with E-state index < -0.39 is 12.0 Å². The van der Waals surface area contributed by atoms with Crippen LogP contribution in [0.3, 0.4) is 0 Å². The second-order valence-corrected chi connectivity index (χ2v) is 6.48. The van der Waals surface area contributed by atoms with Crippen LogP contribution in [-0.2, 0) is 4.79 Å². The molecule has 3 rings (SSSR count). The van der Waals surface area contributed by atoms with E-state index in [2.05, 4.69) is 29.2 Å². The maximum Gasteiger partial charge on any atom is 0.325 e. The Bertz CT molecular complexity index is 736. The first kappa shape index (κ1) is 18.2. The molecule has 1 heterocycles. The predicted molar refractivity (Wildman–Crippen MR) is 102 cm³/mol. The molecule has 0 spiro atoms. The maximum absolute atomic E-state index is 11.8. The van der Waals surface area contributed by atoms with Gasteiger partial charge >= 0.3 is 5.97 Å². The summed E-state index contributed by atoms with van der Waals surface area (Å²) in [5.74, 6) is -0.707. The van der Waals surface area contributed by atoms with Crippen LogP contribution in [0.25, 0.3) is 6.08 Å². The topological polar surface area (TPSA) is 64.0 Å². The molecule has 1 aliphatic rings. The number of hydrogen-bond acceptors (Lipinski definition) is 4. The Balaban J connectivity index is 1.55. The summed E-state index contributed by atoms with van der Waals surface area (Å²) in [7, 11) is 0. The lowest BCUT2D eigenvalue weighted by Crippen LogP contribution is -2.49. The number of phenols is 1. The number of carbonyl (C=O) groups is 1. The summed E-state index contributed by atoms with van der Waals surface area (Å²) in [6, 6.07) is 16.0. The number of nitrogens with zero attached hydrogens (tertiary/aromatic N) is 2. The monoisotopic (exact) mass is 352 g/mol. The van der Waals surface area contributed by atoms with Crippen LogP contribution in [-0.4, -0.2) is 58.7 Å². The average molecular weight is 352 g/mol. The number of carboxylic acids is 1. The maximum atomic E-state index is 11.8. The molecule has 26 heavy (non-hydrogen) atoms. The van der Waals surface area contributed by atoms with Crippen molar-refractivity contribution in [2.24, 2.45) is 0 Å². The number of benzene rings is 2. The van der Waals surface area contributed by atoms with Crippen LogP contribution < -0.4 is 0 Å². The standard InChI is InChI=1S/C21H24N2O3/c24-19-10-8-18(9-11-19)20(21(25)26)23-15-13-22(14-16-23)12-4-7-17-5-2-1-3-6-17/h1-11,20,24H,12-16H2,(H,25,26)/b7-4+/t20-/m1/s1. The number of aliphatic carboxylic acids is 1. The second kappa shape index (κ2) is 8.65. The van der Waals surface area contributed by atoms with Crippen LogP contribution in [0.1, 0.15) is 17.2 Å². The molecule has 2 N–H and O–H groups in total. The van der Waals surface area contributed by atoms with Gasteiger partial charge in [0.05, 0.1) is 0 Å². The number of carboxylic acid groups (broad SMARTS) is 1. The predicted octanol–water partition coefficient (Wildman–Crippen LogP) is 2.85. The third-order valence-corrected chi connectivity index (χ3v) is 4.69. The van der Waals surface area contributed by atoms with Gasteiger partial charge in [-0.05, 0) is 23.3 Å². The van der Waals surface area contributed by atoms with Crippen molar-refractivity contribution in [1.82, 2.24) is 9.80 Å². The van der Waals surface area contributed by atoms with E-state index in [4.69, 9.17) is 0 Å². The molecule has 1 aliphatic heterocycles. The highest BCUT2D eigenvalue weighted by Crippen LogP contribution is 2.24. The molecule has 136 valence electrons. The van der Waals surface area contributed by atoms with Crippen molar-refractivity contribution in [3.63, 3.8) is 0 Å². The van der Waals surface area contributed by atoms with Gasteiger partial charge < -0.3 is 10.2 Å². The summed E-state index contributed by atoms with van der Waals surface area (Å²) in [4.78, 5) is 16.1. The quantitative estimate of drug-likeness (QED) is 0.837. The van der Waals surface area contributed by atoms with Crippen LogP contribution in [0.4, 0.5) is 0 Å². The van der Waals surface area contributed by atoms with Gasteiger partial charge in [0.25, 0.3) is 0 Å². The molecule has 1 atom stereocenters. The second-order valence-electron chi connectivity index (χ2n) is 6.48. The van der Waals surface area contributed by atoms with Crippen molar-refractivity contribution >= 4 is 12.0 Å². The summed E-state index contributed by atoms with van der Waals surface area (Å²) >= 11 is 0. The van der Waals surface area contributed by atoms with E-state index in [0.29, 0.717) is 18.7 Å². The number of piperazine rings is 1. The van der Waals surface area contributed by atoms with Crippen molar-refractivity contribution in [2.75, 3.05) is 32.7 Å². The summed E-state index contributed by atoms with van der Waals surface area (Å²) in [6.07, 6.45) is 4.27. The molecule has 0 amide bonds. The molecule has 1 fully saturated rings. The molecule has 0 aliphatic carbocycles. The fraction of sp³-hybridized carbons (Fsp3) is 0.286. The van der Waals surface area contributed by atoms with Crippen molar-refractivity contribution < 1.29 is 15.0 Å². The van der Waals surface area contributed by atoms with E-state index in [9.17, 15) is 15.0 Å². The van der Waals surface area contributed by atoms with Gasteiger partial charge in [0, 0.05) is 32.7 Å². The minimum Gasteiger partial charge on any atom is -0.508 e. The molecular weight excluding hydrogens is 328 g/mol. The van der Waals surface area contributed by atoms with Crippen LogP contribution in [0, 0.1) is 0 Å². The number of phenolic OH excluding ortho intramolecular Hbond substituents is 1. The van der Waals surface area contributed by atoms with Gasteiger partial charge in [-0.15, -0.1) is 0 Å². The Labute approximate surface area is 153 Å². The van der Waals surface area contributed by atoms with E-state index in [-0.39, 0.29) is 5.75 Å². The third kappa shape index (κ3) is 4.71. The molecule has 5 nitrogen and oxygen atoms in total. The molecule has 1 saturated heterocycles. The molecule has 0 bridgehead atoms. The zero-order chi connectivity index (χ0) is 18.4. The molecule has 2 aromatic rings. The zero-order valence-corrected chi connectivity index (χ0v) is 14.7. The molecule has 5 heteroatoms. The first-order valence-corrected chi connectivity index (χ1v) is 8.83. The van der Waals surface area contributed by atoms with Crippen molar-refractivity contribution in [3.05, 3.63) is 71.8 Å². The van der Waals surface area contributed by atoms with E-state index >= 15 is 0 Å². The molecule has 2 aromatic carbocycles. The smallest absolute Gasteiger partial charge is 0.325 e. The molecule has 0 radical (unpaired) electrons. The zero-order valence-electron chi connectivity index (χ0n) is 14.7. The highest BCUT2D eigenvalue weighted by molar-refractivity contribution is 5.75. The SMILES string of the molecule is O=C(O)[C@@H](c1ccc(O)cc1)N1CCN(C/C=C/c2ccccc2)CC1. The largest absolute Gasteiger partial charge is 0.508 e. The normalized spacial score (nSPS) is 17.4. The Morgan fingerprint density at radius 3 is 2.27 bits per heavy atom. The van der Waals surface area contributed by atoms with E-state index in [1.807, 2.05) is 23.1 Å². The Hall–Kier alpha value is -2.63. The number of hydrogen-bond donors (Lipinski definition) is 2. The van der Waals surface area contributed by atoms with Gasteiger partial charge in [0.15, 0.2) is 0 Å². The van der Waals surface area contributed by atoms with Crippen molar-refractivity contribution in [3.8, 4) is 5.75 Å². The summed E-state index contributed by atoms with van der Waals surface area (Å²) in [5.41, 5.74) is 1.89. The van der Waals surface area contributed by atoms with E-state index in [0.717, 1.165) is 19.6 Å². The Morgan fingerprint density at radius 2 is 1.65 bits per heavy atom. The minimum atomic E-state index is -0.854. The lowest BCUT2D eigenvalue weighted by Gasteiger charge is -2.37. The third-order valence-electron chi connectivity index (χ3n) is 4.69. The van der Waals surface area contributed by atoms with Gasteiger partial charge in [-0.3, -0.25) is 14.6 Å². The van der Waals surface area contributed by atoms with Crippen LogP contribution >= 0.6 is 0 Å². The van der Waals surface area contributed by atoms with Crippen LogP contribution in [0.5, 0.6) is 5.75 Å². The van der Waals surface area contributed by atoms with Gasteiger partial charge in [-0.1, -0.05) is 54.6 Å². The molecule has 0 unspecified atom stereocenters. The highest BCUT2D eigenvalue weighted by atomic mass is 16.4. The van der Waals surface area contributed by atoms with Gasteiger partial charge in [-0.2, -0.15) is 0 Å². The Morgan fingerprint density at radius 1 is 1.00 bits per heavy atom. The summed E-state index contributed by atoms with van der Waals surface area (Å²) in [5, 5.41) is 19.1. The average Bonchev–Trinajstić information content (AvgIpc) is 2.65. The first-order valence-electron chi connectivity index (χ1n) is 8.83. The lowest BCUT2D eigenvalue weighted by molar-refractivity contribution is -0.144. The van der Waals surface area contributed by atoms with E-state index in [1.54, 1.807) is 12.1 Å². The Kier molecular flexibility index (Phi) is 6.04.